The molecule has 6 rings (SSSR count). The second-order valence-corrected chi connectivity index (χ2v) is 20.0. The zero-order valence-electron chi connectivity index (χ0n) is 41.2. The summed E-state index contributed by atoms with van der Waals surface area (Å²) >= 11 is 0. The lowest BCUT2D eigenvalue weighted by atomic mass is 9.80. The molecule has 1 aliphatic carbocycles. The molecular weight excluding hydrogens is 813 g/mol. The summed E-state index contributed by atoms with van der Waals surface area (Å²) in [6.07, 6.45) is 20.1. The van der Waals surface area contributed by atoms with Crippen LogP contribution in [0, 0.1) is 56.3 Å². The fourth-order valence-corrected chi connectivity index (χ4v) is 10.7. The van der Waals surface area contributed by atoms with Gasteiger partial charge in [-0.15, -0.1) is 0 Å². The Labute approximate surface area is 387 Å². The highest BCUT2D eigenvalue weighted by atomic mass is 16.5. The lowest BCUT2D eigenvalue weighted by Gasteiger charge is -2.26. The van der Waals surface area contributed by atoms with Crippen molar-refractivity contribution in [2.45, 2.75) is 152 Å². The van der Waals surface area contributed by atoms with Gasteiger partial charge < -0.3 is 40.0 Å². The van der Waals surface area contributed by atoms with E-state index in [-0.39, 0.29) is 48.6 Å². The fourth-order valence-electron chi connectivity index (χ4n) is 10.7. The molecule has 1 unspecified atom stereocenters. The van der Waals surface area contributed by atoms with Crippen molar-refractivity contribution in [1.82, 2.24) is 20.3 Å². The van der Waals surface area contributed by atoms with E-state index in [0.717, 1.165) is 100 Å². The number of aromatic amines is 3. The summed E-state index contributed by atoms with van der Waals surface area (Å²) in [7, 11) is 1.35. The van der Waals surface area contributed by atoms with E-state index in [4.69, 9.17) is 9.47 Å². The molecule has 0 amide bonds. The van der Waals surface area contributed by atoms with Crippen molar-refractivity contribution in [1.29, 1.82) is 0 Å². The second kappa shape index (κ2) is 21.6. The number of allylic oxidation sites excluding steroid dienone is 2. The van der Waals surface area contributed by atoms with E-state index >= 15 is 0 Å². The third-order valence-corrected chi connectivity index (χ3v) is 15.0. The van der Waals surface area contributed by atoms with Gasteiger partial charge in [0.2, 0.25) is 0 Å². The number of nitrogens with one attached hydrogen (secondary N) is 4. The second-order valence-electron chi connectivity index (χ2n) is 20.0. The first-order valence-electron chi connectivity index (χ1n) is 24.5. The molecule has 2 aliphatic heterocycles. The highest BCUT2D eigenvalue weighted by Gasteiger charge is 2.47. The van der Waals surface area contributed by atoms with Gasteiger partial charge in [0.05, 0.1) is 24.6 Å². The first-order valence-corrected chi connectivity index (χ1v) is 24.5. The van der Waals surface area contributed by atoms with Crippen LogP contribution in [-0.2, 0) is 25.5 Å². The maximum Gasteiger partial charge on any atom is 0.320 e. The number of hydrogen-bond donors (Lipinski definition) is 6. The van der Waals surface area contributed by atoms with Crippen molar-refractivity contribution in [3.8, 4) is 0 Å². The molecule has 0 radical (unpaired) electrons. The summed E-state index contributed by atoms with van der Waals surface area (Å²) in [6, 6.07) is -0.415. The van der Waals surface area contributed by atoms with Gasteiger partial charge in [0.25, 0.3) is 0 Å². The van der Waals surface area contributed by atoms with Gasteiger partial charge in [0.15, 0.2) is 0 Å². The van der Waals surface area contributed by atoms with Crippen LogP contribution in [0.4, 0.5) is 0 Å². The SMILES string of the molecule is C=Cc1c2[nH]c(c1C)/C=C1\NC(C3=c4[nH]c(c(C)c4=C(O)[C@@H]3C(=O)OC)/C=c3\[nH]/c(c(C)c3CC)=C\2)[C@@H](CCC(=O)OC/C=C(\C)CCC[C@H](C)[C@@H](O)CC[C@H](C)CCCC(C)C)[C@@H]1C. The van der Waals surface area contributed by atoms with Crippen LogP contribution < -0.4 is 26.6 Å². The summed E-state index contributed by atoms with van der Waals surface area (Å²) < 4.78 is 11.2. The maximum absolute atomic E-state index is 13.7. The van der Waals surface area contributed by atoms with Crippen molar-refractivity contribution in [2.75, 3.05) is 13.7 Å². The highest BCUT2D eigenvalue weighted by Crippen LogP contribution is 2.42. The number of carbonyl (C=O) groups is 2. The molecule has 10 nitrogen and oxygen atoms in total. The van der Waals surface area contributed by atoms with Crippen LogP contribution in [-0.4, -0.2) is 63.0 Å². The molecule has 3 aromatic heterocycles. The molecule has 5 heterocycles. The van der Waals surface area contributed by atoms with Gasteiger partial charge in [-0.1, -0.05) is 79.0 Å². The molecular formula is C55H78N4O6. The number of carbonyl (C=O) groups excluding carboxylic acids is 2. The molecule has 3 aromatic rings. The fraction of sp³-hybridized carbons (Fsp3) is 0.564. The average Bonchev–Trinajstić information content (AvgIpc) is 4.01. The molecule has 8 bridgehead atoms. The van der Waals surface area contributed by atoms with Crippen molar-refractivity contribution >= 4 is 47.6 Å². The highest BCUT2D eigenvalue weighted by molar-refractivity contribution is 5.95. The normalized spacial score (nSPS) is 22.4. The number of esters is 2. The number of methoxy groups -OCH3 is 1. The lowest BCUT2D eigenvalue weighted by molar-refractivity contribution is -0.143. The predicted molar refractivity (Wildman–Crippen MR) is 264 cm³/mol. The van der Waals surface area contributed by atoms with E-state index in [9.17, 15) is 19.8 Å². The molecule has 354 valence electrons. The lowest BCUT2D eigenvalue weighted by Crippen LogP contribution is -2.38. The third-order valence-electron chi connectivity index (χ3n) is 15.0. The Morgan fingerprint density at radius 1 is 0.877 bits per heavy atom. The molecule has 65 heavy (non-hydrogen) atoms. The van der Waals surface area contributed by atoms with E-state index in [2.05, 4.69) is 107 Å². The van der Waals surface area contributed by atoms with Gasteiger partial charge in [0, 0.05) is 56.6 Å². The third kappa shape index (κ3) is 10.9. The number of aliphatic hydroxyl groups excluding tert-OH is 2. The number of hydrogen-bond acceptors (Lipinski definition) is 7. The summed E-state index contributed by atoms with van der Waals surface area (Å²) in [6.45, 7) is 26.0. The average molecular weight is 891 g/mol. The number of fused-ring (bicyclic) bond motifs is 8. The molecule has 6 N–H and O–H groups in total. The summed E-state index contributed by atoms with van der Waals surface area (Å²) in [5.74, 6) is -0.393. The minimum absolute atomic E-state index is 0.0281. The van der Waals surface area contributed by atoms with E-state index in [1.165, 1.54) is 37.5 Å². The molecule has 0 spiro atoms. The van der Waals surface area contributed by atoms with Crippen molar-refractivity contribution in [3.63, 3.8) is 0 Å². The molecule has 1 saturated heterocycles. The Kier molecular flexibility index (Phi) is 16.4. The first-order chi connectivity index (χ1) is 31.0. The molecule has 0 saturated carbocycles. The van der Waals surface area contributed by atoms with Crippen molar-refractivity contribution in [3.05, 3.63) is 90.1 Å². The Hall–Kier alpha value is -4.96. The monoisotopic (exact) mass is 891 g/mol. The predicted octanol–water partition coefficient (Wildman–Crippen LogP) is 8.34. The van der Waals surface area contributed by atoms with E-state index in [1.54, 1.807) is 0 Å². The standard InChI is InChI=1S/C55H78N4O6/c1-13-38-34(8)41-27-43-36(10)40(22-24-48(61)65-26-25-32(6)19-16-20-33(7)47(60)23-21-31(5)18-15-17-30(3)4)52(58-43)50-51(55(63)64-12)54(62)49-37(11)44(59-53(49)50)29-46-39(14-2)35(9)42(57-46)28-45(38)56-41/h13,25,27-31,33,36,40,47,51-52,56-60,62H,1,14-24,26H2,2-12H3/b32-25+,42-28-,43-27-,46-29-/t31-,33+,36+,40+,47+,51-,52?/m1/s1. The number of ether oxygens (including phenoxy) is 2. The van der Waals surface area contributed by atoms with Gasteiger partial charge in [-0.3, -0.25) is 9.59 Å². The minimum atomic E-state index is -1.01. The Morgan fingerprint density at radius 3 is 2.29 bits per heavy atom. The van der Waals surface area contributed by atoms with Crippen LogP contribution in [0.25, 0.3) is 35.6 Å². The molecule has 0 aromatic carbocycles. The Bertz CT molecular complexity index is 2540. The maximum atomic E-state index is 13.7. The summed E-state index contributed by atoms with van der Waals surface area (Å²) in [4.78, 5) is 38.1. The largest absolute Gasteiger partial charge is 0.510 e. The zero-order valence-corrected chi connectivity index (χ0v) is 41.2. The molecule has 10 heteroatoms. The van der Waals surface area contributed by atoms with Crippen molar-refractivity contribution < 1.29 is 29.3 Å². The van der Waals surface area contributed by atoms with Crippen LogP contribution in [0.15, 0.2) is 23.9 Å². The van der Waals surface area contributed by atoms with E-state index in [1.807, 2.05) is 19.1 Å². The molecule has 1 fully saturated rings. The summed E-state index contributed by atoms with van der Waals surface area (Å²) in [5.41, 5.74) is 10.9. The van der Waals surface area contributed by atoms with Crippen LogP contribution >= 0.6 is 0 Å². The number of aromatic nitrogens is 3. The first kappa shape index (κ1) is 49.5. The van der Waals surface area contributed by atoms with E-state index in [0.29, 0.717) is 28.5 Å². The Balaban J connectivity index is 1.21. The molecule has 7 atom stereocenters. The van der Waals surface area contributed by atoms with Gasteiger partial charge in [0.1, 0.15) is 18.3 Å². The summed E-state index contributed by atoms with van der Waals surface area (Å²) in [5, 5.41) is 29.9. The van der Waals surface area contributed by atoms with Crippen LogP contribution in [0.3, 0.4) is 0 Å². The Morgan fingerprint density at radius 2 is 1.60 bits per heavy atom. The minimum Gasteiger partial charge on any atom is -0.510 e. The van der Waals surface area contributed by atoms with Crippen molar-refractivity contribution in [2.24, 2.45) is 35.5 Å². The van der Waals surface area contributed by atoms with Gasteiger partial charge in [-0.25, -0.2) is 0 Å². The quantitative estimate of drug-likeness (QED) is 0.0493. The zero-order chi connectivity index (χ0) is 47.3. The topological polar surface area (TPSA) is 152 Å². The van der Waals surface area contributed by atoms with Crippen LogP contribution in [0.5, 0.6) is 0 Å². The smallest absolute Gasteiger partial charge is 0.320 e. The molecule has 3 aliphatic rings. The van der Waals surface area contributed by atoms with Gasteiger partial charge in [-0.05, 0) is 148 Å². The number of aliphatic hydroxyl groups is 2. The van der Waals surface area contributed by atoms with Gasteiger partial charge >= 0.3 is 11.9 Å². The van der Waals surface area contributed by atoms with E-state index < -0.39 is 17.9 Å². The van der Waals surface area contributed by atoms with Gasteiger partial charge in [-0.2, -0.15) is 0 Å². The number of rotatable bonds is 20. The van der Waals surface area contributed by atoms with Crippen LogP contribution in [0.1, 0.15) is 158 Å². The number of H-pyrrole nitrogens is 3. The van der Waals surface area contributed by atoms with Crippen LogP contribution in [0.2, 0.25) is 0 Å².